The molecule has 4 heteroatoms. The highest BCUT2D eigenvalue weighted by atomic mass is 35.5. The molecule has 3 nitrogen and oxygen atoms in total. The van der Waals surface area contributed by atoms with Crippen LogP contribution in [0.3, 0.4) is 0 Å². The fraction of sp³-hybridized carbons (Fsp3) is 0.455. The monoisotopic (exact) mass is 228 g/mol. The van der Waals surface area contributed by atoms with Crippen LogP contribution in [-0.4, -0.2) is 20.8 Å². The Morgan fingerprint density at radius 2 is 2.13 bits per heavy atom. The molecule has 0 aromatic heterocycles. The van der Waals surface area contributed by atoms with Crippen LogP contribution in [0.15, 0.2) is 12.1 Å². The number of methoxy groups -OCH3 is 1. The van der Waals surface area contributed by atoms with E-state index in [1.54, 1.807) is 7.11 Å². The van der Waals surface area contributed by atoms with Gasteiger partial charge in [-0.1, -0.05) is 11.6 Å². The molecule has 2 N–H and O–H groups in total. The highest BCUT2D eigenvalue weighted by molar-refractivity contribution is 6.30. The Labute approximate surface area is 95.8 Å². The molecule has 0 saturated heterocycles. The van der Waals surface area contributed by atoms with Crippen molar-refractivity contribution in [2.24, 2.45) is 0 Å². The molecule has 0 aliphatic rings. The van der Waals surface area contributed by atoms with Gasteiger partial charge in [-0.25, -0.2) is 0 Å². The van der Waals surface area contributed by atoms with E-state index in [0.717, 1.165) is 35.1 Å². The summed E-state index contributed by atoms with van der Waals surface area (Å²) >= 11 is 5.99. The molecular weight excluding hydrogens is 212 g/mol. The molecule has 15 heavy (non-hydrogen) atoms. The molecule has 0 amide bonds. The van der Waals surface area contributed by atoms with E-state index >= 15 is 0 Å². The van der Waals surface area contributed by atoms with Crippen LogP contribution in [-0.2, 0) is 6.54 Å². The number of nitrogens with one attached hydrogen (secondary N) is 2. The summed E-state index contributed by atoms with van der Waals surface area (Å²) in [4.78, 5) is 0. The Balaban J connectivity index is 2.84. The molecule has 0 aliphatic heterocycles. The van der Waals surface area contributed by atoms with Crippen molar-refractivity contribution in [3.8, 4) is 5.75 Å². The molecule has 0 bridgehead atoms. The van der Waals surface area contributed by atoms with Crippen LogP contribution in [0, 0.1) is 6.92 Å². The third-order valence-corrected chi connectivity index (χ3v) is 2.36. The van der Waals surface area contributed by atoms with Crippen molar-refractivity contribution < 1.29 is 4.74 Å². The zero-order valence-corrected chi connectivity index (χ0v) is 10.1. The molecule has 0 radical (unpaired) electrons. The second kappa shape index (κ2) is 5.95. The van der Waals surface area contributed by atoms with Gasteiger partial charge in [0.05, 0.1) is 7.11 Å². The van der Waals surface area contributed by atoms with Gasteiger partial charge in [-0.15, -0.1) is 0 Å². The predicted octanol–water partition coefficient (Wildman–Crippen LogP) is 1.92. The van der Waals surface area contributed by atoms with Gasteiger partial charge < -0.3 is 15.4 Å². The minimum Gasteiger partial charge on any atom is -0.496 e. The van der Waals surface area contributed by atoms with Crippen LogP contribution in [0.5, 0.6) is 5.75 Å². The standard InChI is InChI=1S/C11H17ClN2O/c1-8-4-10(12)5-9(11(8)15-3)6-14-7-13-2/h4-5,13-14H,6-7H2,1-3H3. The molecule has 0 saturated carbocycles. The molecule has 0 aliphatic carbocycles. The van der Waals surface area contributed by atoms with Gasteiger partial charge >= 0.3 is 0 Å². The van der Waals surface area contributed by atoms with Crippen LogP contribution in [0.25, 0.3) is 0 Å². The van der Waals surface area contributed by atoms with Crippen molar-refractivity contribution in [2.75, 3.05) is 20.8 Å². The molecular formula is C11H17ClN2O. The molecule has 0 fully saturated rings. The molecule has 84 valence electrons. The summed E-state index contributed by atoms with van der Waals surface area (Å²) in [6.07, 6.45) is 0. The largest absolute Gasteiger partial charge is 0.496 e. The summed E-state index contributed by atoms with van der Waals surface area (Å²) in [5.74, 6) is 0.906. The summed E-state index contributed by atoms with van der Waals surface area (Å²) < 4.78 is 5.34. The zero-order valence-electron chi connectivity index (χ0n) is 9.36. The van der Waals surface area contributed by atoms with Crippen molar-refractivity contribution >= 4 is 11.6 Å². The highest BCUT2D eigenvalue weighted by Gasteiger charge is 2.07. The Morgan fingerprint density at radius 1 is 1.40 bits per heavy atom. The van der Waals surface area contributed by atoms with Crippen molar-refractivity contribution in [3.05, 3.63) is 28.3 Å². The zero-order chi connectivity index (χ0) is 11.3. The van der Waals surface area contributed by atoms with E-state index in [9.17, 15) is 0 Å². The molecule has 0 unspecified atom stereocenters. The quantitative estimate of drug-likeness (QED) is 0.597. The first-order chi connectivity index (χ1) is 7.19. The molecule has 0 atom stereocenters. The minimum atomic E-state index is 0.741. The van der Waals surface area contributed by atoms with Crippen molar-refractivity contribution in [1.82, 2.24) is 10.6 Å². The van der Waals surface area contributed by atoms with Gasteiger partial charge in [0.2, 0.25) is 0 Å². The Kier molecular flexibility index (Phi) is 4.88. The number of halogens is 1. The maximum Gasteiger partial charge on any atom is 0.126 e. The third-order valence-electron chi connectivity index (χ3n) is 2.14. The topological polar surface area (TPSA) is 33.3 Å². The number of hydrogen-bond donors (Lipinski definition) is 2. The lowest BCUT2D eigenvalue weighted by Gasteiger charge is -2.12. The maximum absolute atomic E-state index is 5.99. The van der Waals surface area contributed by atoms with Crippen LogP contribution in [0.1, 0.15) is 11.1 Å². The highest BCUT2D eigenvalue weighted by Crippen LogP contribution is 2.27. The number of aryl methyl sites for hydroxylation is 1. The molecule has 1 rings (SSSR count). The van der Waals surface area contributed by atoms with E-state index < -0.39 is 0 Å². The maximum atomic E-state index is 5.99. The minimum absolute atomic E-state index is 0.741. The average Bonchev–Trinajstić information content (AvgIpc) is 2.17. The van der Waals surface area contributed by atoms with Crippen molar-refractivity contribution in [3.63, 3.8) is 0 Å². The van der Waals surface area contributed by atoms with Gasteiger partial charge in [-0.3, -0.25) is 0 Å². The lowest BCUT2D eigenvalue weighted by molar-refractivity contribution is 0.404. The van der Waals surface area contributed by atoms with Crippen LogP contribution in [0.4, 0.5) is 0 Å². The van der Waals surface area contributed by atoms with Crippen LogP contribution < -0.4 is 15.4 Å². The molecule has 1 aromatic carbocycles. The van der Waals surface area contributed by atoms with Gasteiger partial charge in [-0.05, 0) is 31.7 Å². The van der Waals surface area contributed by atoms with E-state index in [1.807, 2.05) is 26.1 Å². The van der Waals surface area contributed by atoms with E-state index in [-0.39, 0.29) is 0 Å². The SMILES string of the molecule is CNCNCc1cc(Cl)cc(C)c1OC. The van der Waals surface area contributed by atoms with Gasteiger partial charge in [0.1, 0.15) is 5.75 Å². The van der Waals surface area contributed by atoms with Gasteiger partial charge in [0, 0.05) is 23.8 Å². The second-order valence-electron chi connectivity index (χ2n) is 3.37. The summed E-state index contributed by atoms with van der Waals surface area (Å²) in [6, 6.07) is 3.83. The van der Waals surface area contributed by atoms with Gasteiger partial charge in [0.25, 0.3) is 0 Å². The van der Waals surface area contributed by atoms with E-state index in [0.29, 0.717) is 0 Å². The van der Waals surface area contributed by atoms with Gasteiger partial charge in [-0.2, -0.15) is 0 Å². The normalized spacial score (nSPS) is 10.4. The Hall–Kier alpha value is -0.770. The average molecular weight is 229 g/mol. The van der Waals surface area contributed by atoms with Crippen molar-refractivity contribution in [2.45, 2.75) is 13.5 Å². The number of benzene rings is 1. The Bertz CT molecular complexity index is 329. The number of hydrogen-bond acceptors (Lipinski definition) is 3. The first-order valence-electron chi connectivity index (χ1n) is 4.87. The predicted molar refractivity (Wildman–Crippen MR) is 63.5 cm³/mol. The number of rotatable bonds is 5. The second-order valence-corrected chi connectivity index (χ2v) is 3.81. The first kappa shape index (κ1) is 12.3. The summed E-state index contributed by atoms with van der Waals surface area (Å²) in [7, 11) is 3.57. The molecule has 0 heterocycles. The van der Waals surface area contributed by atoms with E-state index in [4.69, 9.17) is 16.3 Å². The fourth-order valence-electron chi connectivity index (χ4n) is 1.54. The van der Waals surface area contributed by atoms with E-state index in [2.05, 4.69) is 10.6 Å². The molecule has 0 spiro atoms. The lowest BCUT2D eigenvalue weighted by atomic mass is 10.1. The van der Waals surface area contributed by atoms with Gasteiger partial charge in [0.15, 0.2) is 0 Å². The fourth-order valence-corrected chi connectivity index (χ4v) is 1.84. The summed E-state index contributed by atoms with van der Waals surface area (Å²) in [5, 5.41) is 7.00. The number of ether oxygens (including phenoxy) is 1. The first-order valence-corrected chi connectivity index (χ1v) is 5.25. The van der Waals surface area contributed by atoms with Crippen molar-refractivity contribution in [1.29, 1.82) is 0 Å². The summed E-state index contributed by atoms with van der Waals surface area (Å²) in [6.45, 7) is 3.49. The third kappa shape index (κ3) is 3.38. The Morgan fingerprint density at radius 3 is 2.73 bits per heavy atom. The van der Waals surface area contributed by atoms with Crippen LogP contribution >= 0.6 is 11.6 Å². The summed E-state index contributed by atoms with van der Waals surface area (Å²) in [5.41, 5.74) is 2.14. The van der Waals surface area contributed by atoms with E-state index in [1.165, 1.54) is 0 Å². The smallest absolute Gasteiger partial charge is 0.126 e. The lowest BCUT2D eigenvalue weighted by Crippen LogP contribution is -2.25. The molecule has 1 aromatic rings. The van der Waals surface area contributed by atoms with Crippen LogP contribution in [0.2, 0.25) is 5.02 Å².